The summed E-state index contributed by atoms with van der Waals surface area (Å²) in [6.07, 6.45) is 2.96. The van der Waals surface area contributed by atoms with Gasteiger partial charge in [0, 0.05) is 38.6 Å². The van der Waals surface area contributed by atoms with Crippen molar-refractivity contribution in [1.29, 1.82) is 0 Å². The molecular formula is C19H28N4O2. The quantitative estimate of drug-likeness (QED) is 0.853. The summed E-state index contributed by atoms with van der Waals surface area (Å²) in [5.74, 6) is 0.336. The van der Waals surface area contributed by atoms with Crippen molar-refractivity contribution in [1.82, 2.24) is 20.7 Å². The fourth-order valence-corrected chi connectivity index (χ4v) is 3.54. The van der Waals surface area contributed by atoms with E-state index in [1.54, 1.807) is 0 Å². The van der Waals surface area contributed by atoms with Gasteiger partial charge in [0.2, 0.25) is 11.8 Å². The molecule has 1 aromatic rings. The normalized spacial score (nSPS) is 24.2. The number of nitrogens with one attached hydrogen (secondary N) is 2. The van der Waals surface area contributed by atoms with E-state index < -0.39 is 0 Å². The molecule has 2 N–H and O–H groups in total. The van der Waals surface area contributed by atoms with Crippen LogP contribution in [0.1, 0.15) is 31.7 Å². The van der Waals surface area contributed by atoms with Crippen molar-refractivity contribution < 1.29 is 9.59 Å². The highest BCUT2D eigenvalue weighted by atomic mass is 16.2. The Kier molecular flexibility index (Phi) is 6.04. The molecule has 0 saturated carbocycles. The molecule has 2 heterocycles. The monoisotopic (exact) mass is 344 g/mol. The van der Waals surface area contributed by atoms with Gasteiger partial charge in [-0.3, -0.25) is 15.0 Å². The van der Waals surface area contributed by atoms with Gasteiger partial charge in [-0.1, -0.05) is 30.3 Å². The van der Waals surface area contributed by atoms with Gasteiger partial charge in [-0.15, -0.1) is 0 Å². The van der Waals surface area contributed by atoms with E-state index in [-0.39, 0.29) is 17.9 Å². The average Bonchev–Trinajstić information content (AvgIpc) is 2.92. The number of amides is 2. The number of benzene rings is 1. The number of carbonyl (C=O) groups excluding carboxylic acids is 2. The van der Waals surface area contributed by atoms with Gasteiger partial charge < -0.3 is 9.80 Å². The first-order valence-corrected chi connectivity index (χ1v) is 9.25. The fourth-order valence-electron chi connectivity index (χ4n) is 3.54. The highest BCUT2D eigenvalue weighted by Gasteiger charge is 2.31. The van der Waals surface area contributed by atoms with Crippen molar-refractivity contribution in [2.24, 2.45) is 0 Å². The first-order chi connectivity index (χ1) is 12.1. The summed E-state index contributed by atoms with van der Waals surface area (Å²) in [5, 5.41) is 0. The van der Waals surface area contributed by atoms with Gasteiger partial charge in [0.1, 0.15) is 6.04 Å². The summed E-state index contributed by atoms with van der Waals surface area (Å²) in [6.45, 7) is 4.80. The molecule has 0 aliphatic carbocycles. The van der Waals surface area contributed by atoms with E-state index in [9.17, 15) is 9.59 Å². The third-order valence-corrected chi connectivity index (χ3v) is 5.02. The minimum atomic E-state index is -0.143. The second kappa shape index (κ2) is 8.45. The topological polar surface area (TPSA) is 64.7 Å². The van der Waals surface area contributed by atoms with Crippen LogP contribution in [0.2, 0.25) is 0 Å². The molecule has 6 nitrogen and oxygen atoms in total. The molecule has 0 radical (unpaired) electrons. The number of hydrogen-bond donors (Lipinski definition) is 2. The summed E-state index contributed by atoms with van der Waals surface area (Å²) in [7, 11) is 0. The highest BCUT2D eigenvalue weighted by Crippen LogP contribution is 2.12. The Labute approximate surface area is 149 Å². The molecule has 2 aliphatic heterocycles. The summed E-state index contributed by atoms with van der Waals surface area (Å²) in [5.41, 5.74) is 7.37. The van der Waals surface area contributed by atoms with Crippen LogP contribution in [0.5, 0.6) is 0 Å². The summed E-state index contributed by atoms with van der Waals surface area (Å²) >= 11 is 0. The van der Waals surface area contributed by atoms with Crippen molar-refractivity contribution >= 4 is 11.8 Å². The van der Waals surface area contributed by atoms with Gasteiger partial charge in [-0.05, 0) is 31.7 Å². The molecule has 2 atom stereocenters. The molecule has 2 saturated heterocycles. The molecule has 25 heavy (non-hydrogen) atoms. The number of nitrogens with zero attached hydrogens (tertiary/aromatic N) is 2. The second-order valence-corrected chi connectivity index (χ2v) is 7.02. The standard InChI is InChI=1S/C19H28N4O2/c1-15-14-17(21-20-15)19(25)23-11-5-10-22(12-13-23)18(24)9-8-16-6-3-2-4-7-16/h2-4,6-7,15,17,20-21H,5,8-14H2,1H3. The molecule has 0 spiro atoms. The Morgan fingerprint density at radius 3 is 2.48 bits per heavy atom. The van der Waals surface area contributed by atoms with Crippen LogP contribution in [-0.2, 0) is 16.0 Å². The predicted molar refractivity (Wildman–Crippen MR) is 96.7 cm³/mol. The van der Waals surface area contributed by atoms with E-state index in [4.69, 9.17) is 0 Å². The van der Waals surface area contributed by atoms with E-state index in [0.717, 1.165) is 32.4 Å². The van der Waals surface area contributed by atoms with Crippen LogP contribution in [0.15, 0.2) is 30.3 Å². The molecule has 6 heteroatoms. The Morgan fingerprint density at radius 2 is 1.76 bits per heavy atom. The number of hydrazine groups is 1. The van der Waals surface area contributed by atoms with Crippen molar-refractivity contribution in [2.45, 2.75) is 44.7 Å². The Morgan fingerprint density at radius 1 is 1.04 bits per heavy atom. The van der Waals surface area contributed by atoms with Gasteiger partial charge in [-0.25, -0.2) is 5.43 Å². The minimum Gasteiger partial charge on any atom is -0.341 e. The zero-order chi connectivity index (χ0) is 17.6. The lowest BCUT2D eigenvalue weighted by Crippen LogP contribution is -2.47. The lowest BCUT2D eigenvalue weighted by Gasteiger charge is -2.24. The lowest BCUT2D eigenvalue weighted by atomic mass is 10.1. The molecule has 0 aromatic heterocycles. The van der Waals surface area contributed by atoms with Gasteiger partial charge in [0.25, 0.3) is 0 Å². The minimum absolute atomic E-state index is 0.143. The smallest absolute Gasteiger partial charge is 0.241 e. The van der Waals surface area contributed by atoms with Crippen molar-refractivity contribution in [3.63, 3.8) is 0 Å². The highest BCUT2D eigenvalue weighted by molar-refractivity contribution is 5.82. The molecule has 136 valence electrons. The van der Waals surface area contributed by atoms with Crippen LogP contribution in [-0.4, -0.2) is 59.9 Å². The van der Waals surface area contributed by atoms with Gasteiger partial charge >= 0.3 is 0 Å². The second-order valence-electron chi connectivity index (χ2n) is 7.02. The number of rotatable bonds is 4. The largest absolute Gasteiger partial charge is 0.341 e. The maximum atomic E-state index is 12.6. The van der Waals surface area contributed by atoms with E-state index in [0.29, 0.717) is 25.6 Å². The maximum Gasteiger partial charge on any atom is 0.241 e. The van der Waals surface area contributed by atoms with Crippen molar-refractivity contribution in [3.8, 4) is 0 Å². The summed E-state index contributed by atoms with van der Waals surface area (Å²) < 4.78 is 0. The predicted octanol–water partition coefficient (Wildman–Crippen LogP) is 0.935. The third kappa shape index (κ3) is 4.80. The molecule has 2 unspecified atom stereocenters. The molecule has 2 aliphatic rings. The SMILES string of the molecule is CC1CC(C(=O)N2CCCN(C(=O)CCc3ccccc3)CC2)NN1. The zero-order valence-electron chi connectivity index (χ0n) is 14.9. The molecular weight excluding hydrogens is 316 g/mol. The summed E-state index contributed by atoms with van der Waals surface area (Å²) in [6, 6.07) is 10.3. The fraction of sp³-hybridized carbons (Fsp3) is 0.579. The Bertz CT molecular complexity index is 592. The van der Waals surface area contributed by atoms with Crippen molar-refractivity contribution in [3.05, 3.63) is 35.9 Å². The van der Waals surface area contributed by atoms with Crippen LogP contribution < -0.4 is 10.9 Å². The number of aryl methyl sites for hydroxylation is 1. The zero-order valence-corrected chi connectivity index (χ0v) is 14.9. The molecule has 3 rings (SSSR count). The van der Waals surface area contributed by atoms with E-state index in [1.807, 2.05) is 28.0 Å². The van der Waals surface area contributed by atoms with E-state index >= 15 is 0 Å². The van der Waals surface area contributed by atoms with E-state index in [2.05, 4.69) is 29.9 Å². The summed E-state index contributed by atoms with van der Waals surface area (Å²) in [4.78, 5) is 28.9. The van der Waals surface area contributed by atoms with E-state index in [1.165, 1.54) is 5.56 Å². The Balaban J connectivity index is 1.47. The maximum absolute atomic E-state index is 12.6. The van der Waals surface area contributed by atoms with Crippen molar-refractivity contribution in [2.75, 3.05) is 26.2 Å². The van der Waals surface area contributed by atoms with Gasteiger partial charge in [0.05, 0.1) is 0 Å². The van der Waals surface area contributed by atoms with Crippen LogP contribution in [0.25, 0.3) is 0 Å². The van der Waals surface area contributed by atoms with Crippen LogP contribution in [0, 0.1) is 0 Å². The molecule has 0 bridgehead atoms. The molecule has 1 aromatic carbocycles. The number of carbonyl (C=O) groups is 2. The number of hydrogen-bond acceptors (Lipinski definition) is 4. The Hall–Kier alpha value is -1.92. The van der Waals surface area contributed by atoms with Gasteiger partial charge in [-0.2, -0.15) is 0 Å². The van der Waals surface area contributed by atoms with Crippen LogP contribution in [0.3, 0.4) is 0 Å². The first-order valence-electron chi connectivity index (χ1n) is 9.25. The van der Waals surface area contributed by atoms with Gasteiger partial charge in [0.15, 0.2) is 0 Å². The van der Waals surface area contributed by atoms with Crippen LogP contribution >= 0.6 is 0 Å². The van der Waals surface area contributed by atoms with Crippen LogP contribution in [0.4, 0.5) is 0 Å². The first kappa shape index (κ1) is 17.9. The lowest BCUT2D eigenvalue weighted by molar-refractivity contribution is -0.134. The third-order valence-electron chi connectivity index (χ3n) is 5.02. The average molecular weight is 344 g/mol. The molecule has 2 fully saturated rings. The molecule has 2 amide bonds.